The van der Waals surface area contributed by atoms with E-state index in [0.29, 0.717) is 5.56 Å². The fraction of sp³-hybridized carbons (Fsp3) is 0.389. The second-order valence-corrected chi connectivity index (χ2v) is 8.59. The van der Waals surface area contributed by atoms with E-state index >= 15 is 0 Å². The molecular formula is C18H17N3O2S. The first-order chi connectivity index (χ1) is 11.4. The van der Waals surface area contributed by atoms with Crippen LogP contribution in [0.1, 0.15) is 25.5 Å². The van der Waals surface area contributed by atoms with Crippen molar-refractivity contribution in [2.45, 2.75) is 36.1 Å². The lowest BCUT2D eigenvalue weighted by Gasteiger charge is -2.45. The zero-order chi connectivity index (χ0) is 17.1. The Hall–Kier alpha value is -2.10. The van der Waals surface area contributed by atoms with E-state index in [2.05, 4.69) is 11.1 Å². The molecule has 1 amide bonds. The molecule has 0 spiro atoms. The van der Waals surface area contributed by atoms with Crippen LogP contribution in [-0.2, 0) is 4.79 Å². The highest BCUT2D eigenvalue weighted by molar-refractivity contribution is 8.01. The van der Waals surface area contributed by atoms with Crippen molar-refractivity contribution >= 4 is 28.6 Å². The maximum Gasteiger partial charge on any atom is 0.233 e. The molecule has 2 aromatic rings. The number of thioether (sulfide) groups is 1. The van der Waals surface area contributed by atoms with Crippen molar-refractivity contribution in [2.24, 2.45) is 5.92 Å². The molecule has 24 heavy (non-hydrogen) atoms. The van der Waals surface area contributed by atoms with Gasteiger partial charge in [0, 0.05) is 21.9 Å². The largest absolute Gasteiger partial charge is 0.387 e. The third-order valence-electron chi connectivity index (χ3n) is 4.90. The first kappa shape index (κ1) is 15.4. The summed E-state index contributed by atoms with van der Waals surface area (Å²) in [6.07, 6.45) is 0.728. The Morgan fingerprint density at radius 3 is 2.92 bits per heavy atom. The number of aromatic nitrogens is 1. The number of carbonyl (C=O) groups excluding carboxylic acids is 1. The minimum atomic E-state index is -0.906. The predicted molar refractivity (Wildman–Crippen MR) is 91.9 cm³/mol. The minimum Gasteiger partial charge on any atom is -0.387 e. The Morgan fingerprint density at radius 2 is 2.17 bits per heavy atom. The quantitative estimate of drug-likeness (QED) is 0.851. The molecule has 1 N–H and O–H groups in total. The van der Waals surface area contributed by atoms with Gasteiger partial charge in [0.2, 0.25) is 5.91 Å². The normalized spacial score (nSPS) is 29.0. The molecule has 1 unspecified atom stereocenters. The van der Waals surface area contributed by atoms with Crippen LogP contribution < -0.4 is 0 Å². The number of benzene rings is 1. The number of β-lactam (4-membered cyclic amide) rings is 1. The summed E-state index contributed by atoms with van der Waals surface area (Å²) in [7, 11) is 0. The van der Waals surface area contributed by atoms with Crippen molar-refractivity contribution in [3.05, 3.63) is 42.1 Å². The number of amides is 1. The van der Waals surface area contributed by atoms with Crippen molar-refractivity contribution in [2.75, 3.05) is 0 Å². The van der Waals surface area contributed by atoms with E-state index in [1.807, 2.05) is 44.2 Å². The molecule has 4 rings (SSSR count). The number of aliphatic hydroxyl groups is 1. The van der Waals surface area contributed by atoms with Crippen LogP contribution in [0.25, 0.3) is 10.9 Å². The second kappa shape index (κ2) is 5.20. The van der Waals surface area contributed by atoms with Gasteiger partial charge in [0.25, 0.3) is 0 Å². The minimum absolute atomic E-state index is 0.148. The van der Waals surface area contributed by atoms with Crippen LogP contribution in [0, 0.1) is 17.2 Å². The van der Waals surface area contributed by atoms with E-state index in [1.54, 1.807) is 22.9 Å². The number of carbonyl (C=O) groups is 1. The molecule has 1 aromatic carbocycles. The highest BCUT2D eigenvalue weighted by Crippen LogP contribution is 2.55. The van der Waals surface area contributed by atoms with E-state index in [-0.39, 0.29) is 16.0 Å². The summed E-state index contributed by atoms with van der Waals surface area (Å²) < 4.78 is -0.328. The molecule has 4 atom stereocenters. The average molecular weight is 339 g/mol. The monoisotopic (exact) mass is 339 g/mol. The highest BCUT2D eigenvalue weighted by Gasteiger charge is 2.63. The number of para-hydroxylation sites is 1. The van der Waals surface area contributed by atoms with Gasteiger partial charge in [0.05, 0.1) is 29.0 Å². The molecule has 2 saturated heterocycles. The van der Waals surface area contributed by atoms with E-state index in [9.17, 15) is 15.2 Å². The second-order valence-electron chi connectivity index (χ2n) is 6.82. The fourth-order valence-corrected chi connectivity index (χ4v) is 5.26. The standard InChI is InChI=1S/C18H17N3O2S/c1-18(2)13(8-19)21-16(23)14(17(21)24-18)15(22)11-7-10-5-3-4-6-12(10)20-9-11/h3-7,9,13-15,17,22H,1-2H3/t13-,14-,15?,17-/m0/s1. The lowest BCUT2D eigenvalue weighted by Crippen LogP contribution is -2.61. The van der Waals surface area contributed by atoms with E-state index < -0.39 is 18.1 Å². The van der Waals surface area contributed by atoms with Crippen LogP contribution >= 0.6 is 11.8 Å². The Morgan fingerprint density at radius 1 is 1.42 bits per heavy atom. The van der Waals surface area contributed by atoms with Gasteiger partial charge in [-0.05, 0) is 26.0 Å². The number of hydrogen-bond acceptors (Lipinski definition) is 5. The van der Waals surface area contributed by atoms with Gasteiger partial charge in [-0.25, -0.2) is 0 Å². The van der Waals surface area contributed by atoms with Crippen molar-refractivity contribution in [3.63, 3.8) is 0 Å². The topological polar surface area (TPSA) is 77.2 Å². The van der Waals surface area contributed by atoms with Gasteiger partial charge in [0.1, 0.15) is 6.04 Å². The van der Waals surface area contributed by atoms with Gasteiger partial charge in [-0.3, -0.25) is 9.78 Å². The molecule has 0 bridgehead atoms. The lowest BCUT2D eigenvalue weighted by molar-refractivity contribution is -0.159. The summed E-state index contributed by atoms with van der Waals surface area (Å²) in [6.45, 7) is 3.94. The van der Waals surface area contributed by atoms with Gasteiger partial charge < -0.3 is 10.0 Å². The average Bonchev–Trinajstić information content (AvgIpc) is 2.81. The molecule has 0 radical (unpaired) electrons. The summed E-state index contributed by atoms with van der Waals surface area (Å²) in [5, 5.41) is 20.9. The van der Waals surface area contributed by atoms with Gasteiger partial charge in [-0.15, -0.1) is 11.8 Å². The molecule has 2 aliphatic heterocycles. The van der Waals surface area contributed by atoms with Crippen molar-refractivity contribution in [3.8, 4) is 6.07 Å². The first-order valence-electron chi connectivity index (χ1n) is 7.86. The Bertz CT molecular complexity index is 876. The molecule has 3 heterocycles. The van der Waals surface area contributed by atoms with Gasteiger partial charge in [0.15, 0.2) is 0 Å². The van der Waals surface area contributed by atoms with Crippen molar-refractivity contribution < 1.29 is 9.90 Å². The lowest BCUT2D eigenvalue weighted by atomic mass is 9.85. The van der Waals surface area contributed by atoms with E-state index in [0.717, 1.165) is 10.9 Å². The summed E-state index contributed by atoms with van der Waals surface area (Å²) >= 11 is 1.59. The number of pyridine rings is 1. The third kappa shape index (κ3) is 2.05. The summed E-state index contributed by atoms with van der Waals surface area (Å²) in [6, 6.07) is 11.4. The molecule has 1 aromatic heterocycles. The predicted octanol–water partition coefficient (Wildman–Crippen LogP) is 2.47. The van der Waals surface area contributed by atoms with Crippen LogP contribution in [0.3, 0.4) is 0 Å². The fourth-order valence-electron chi connectivity index (χ4n) is 3.59. The van der Waals surface area contributed by atoms with Gasteiger partial charge >= 0.3 is 0 Å². The molecular weight excluding hydrogens is 322 g/mol. The van der Waals surface area contributed by atoms with Crippen molar-refractivity contribution in [1.82, 2.24) is 9.88 Å². The molecule has 122 valence electrons. The number of hydrogen-bond donors (Lipinski definition) is 1. The number of aliphatic hydroxyl groups excluding tert-OH is 1. The van der Waals surface area contributed by atoms with E-state index in [1.165, 1.54) is 0 Å². The maximum absolute atomic E-state index is 12.6. The number of rotatable bonds is 2. The SMILES string of the molecule is CC1(C)S[C@H]2[C@@H](C(O)c3cnc4ccccc4c3)C(=O)N2[C@H]1C#N. The van der Waals surface area contributed by atoms with Crippen LogP contribution in [0.15, 0.2) is 36.5 Å². The Labute approximate surface area is 144 Å². The molecule has 5 nitrogen and oxygen atoms in total. The maximum atomic E-state index is 12.6. The Kier molecular flexibility index (Phi) is 3.34. The smallest absolute Gasteiger partial charge is 0.233 e. The van der Waals surface area contributed by atoms with Gasteiger partial charge in [-0.2, -0.15) is 5.26 Å². The summed E-state index contributed by atoms with van der Waals surface area (Å²) in [4.78, 5) is 18.5. The van der Waals surface area contributed by atoms with Crippen LogP contribution in [-0.4, -0.2) is 37.1 Å². The number of fused-ring (bicyclic) bond motifs is 2. The van der Waals surface area contributed by atoms with Crippen LogP contribution in [0.2, 0.25) is 0 Å². The highest BCUT2D eigenvalue weighted by atomic mass is 32.2. The first-order valence-corrected chi connectivity index (χ1v) is 8.74. The number of nitriles is 1. The van der Waals surface area contributed by atoms with Crippen LogP contribution in [0.4, 0.5) is 0 Å². The van der Waals surface area contributed by atoms with Gasteiger partial charge in [-0.1, -0.05) is 18.2 Å². The summed E-state index contributed by atoms with van der Waals surface area (Å²) in [5.41, 5.74) is 1.50. The summed E-state index contributed by atoms with van der Waals surface area (Å²) in [5.74, 6) is -0.666. The molecule has 6 heteroatoms. The molecule has 0 saturated carbocycles. The zero-order valence-electron chi connectivity index (χ0n) is 13.4. The number of nitrogens with zero attached hydrogens (tertiary/aromatic N) is 3. The molecule has 0 aliphatic carbocycles. The Balaban J connectivity index is 1.65. The van der Waals surface area contributed by atoms with E-state index in [4.69, 9.17) is 0 Å². The van der Waals surface area contributed by atoms with Crippen molar-refractivity contribution in [1.29, 1.82) is 5.26 Å². The molecule has 2 aliphatic rings. The van der Waals surface area contributed by atoms with Crippen LogP contribution in [0.5, 0.6) is 0 Å². The zero-order valence-corrected chi connectivity index (χ0v) is 14.2. The molecule has 2 fully saturated rings. The third-order valence-corrected chi connectivity index (χ3v) is 6.49.